The standard InChI is InChI=1S/C15H22O3S/c1-10-11-8-6-7-9-12(11)19(17,18)15(4,5)14(2,3)13(10)16/h6-10,13,16H,1-5H3/t10-,13?/m0/s1. The highest BCUT2D eigenvalue weighted by Crippen LogP contribution is 2.50. The second kappa shape index (κ2) is 4.06. The molecule has 4 heteroatoms. The van der Waals surface area contributed by atoms with Crippen LogP contribution in [0.25, 0.3) is 0 Å². The maximum atomic E-state index is 12.9. The van der Waals surface area contributed by atoms with Crippen LogP contribution < -0.4 is 0 Å². The highest BCUT2D eigenvalue weighted by atomic mass is 32.2. The molecule has 1 N–H and O–H groups in total. The maximum absolute atomic E-state index is 12.9. The smallest absolute Gasteiger partial charge is 0.184 e. The van der Waals surface area contributed by atoms with Gasteiger partial charge in [0.15, 0.2) is 9.84 Å². The van der Waals surface area contributed by atoms with Gasteiger partial charge in [0.1, 0.15) is 0 Å². The van der Waals surface area contributed by atoms with Gasteiger partial charge < -0.3 is 5.11 Å². The Bertz CT molecular complexity index is 600. The van der Waals surface area contributed by atoms with Gasteiger partial charge in [-0.25, -0.2) is 8.42 Å². The van der Waals surface area contributed by atoms with Crippen molar-refractivity contribution in [2.24, 2.45) is 5.41 Å². The third kappa shape index (κ3) is 1.69. The molecule has 0 aliphatic carbocycles. The van der Waals surface area contributed by atoms with Crippen LogP contribution in [-0.4, -0.2) is 24.4 Å². The molecule has 3 nitrogen and oxygen atoms in total. The summed E-state index contributed by atoms with van der Waals surface area (Å²) in [5, 5.41) is 10.6. The molecule has 1 aromatic carbocycles. The molecule has 1 heterocycles. The van der Waals surface area contributed by atoms with Gasteiger partial charge in [0.25, 0.3) is 0 Å². The van der Waals surface area contributed by atoms with E-state index in [0.29, 0.717) is 10.5 Å². The molecule has 1 unspecified atom stereocenters. The number of sulfone groups is 1. The van der Waals surface area contributed by atoms with Gasteiger partial charge in [-0.2, -0.15) is 0 Å². The Balaban J connectivity index is 2.87. The first-order valence-electron chi connectivity index (χ1n) is 6.57. The van der Waals surface area contributed by atoms with Crippen LogP contribution in [0.5, 0.6) is 0 Å². The van der Waals surface area contributed by atoms with Crippen molar-refractivity contribution in [3.05, 3.63) is 29.8 Å². The van der Waals surface area contributed by atoms with E-state index in [2.05, 4.69) is 0 Å². The van der Waals surface area contributed by atoms with E-state index < -0.39 is 26.1 Å². The molecule has 0 aromatic heterocycles. The first-order chi connectivity index (χ1) is 8.55. The van der Waals surface area contributed by atoms with E-state index >= 15 is 0 Å². The zero-order chi connectivity index (χ0) is 14.6. The summed E-state index contributed by atoms with van der Waals surface area (Å²) in [6.45, 7) is 8.97. The van der Waals surface area contributed by atoms with Crippen LogP contribution in [0.2, 0.25) is 0 Å². The van der Waals surface area contributed by atoms with E-state index in [1.807, 2.05) is 26.8 Å². The van der Waals surface area contributed by atoms with E-state index in [1.165, 1.54) is 0 Å². The molecule has 1 aromatic rings. The highest BCUT2D eigenvalue weighted by Gasteiger charge is 2.56. The Hall–Kier alpha value is -0.870. The van der Waals surface area contributed by atoms with E-state index in [0.717, 1.165) is 0 Å². The molecule has 1 aliphatic rings. The zero-order valence-corrected chi connectivity index (χ0v) is 13.0. The van der Waals surface area contributed by atoms with Crippen molar-refractivity contribution in [2.45, 2.75) is 56.3 Å². The third-order valence-electron chi connectivity index (χ3n) is 5.14. The second-order valence-electron chi connectivity index (χ2n) is 6.51. The molecule has 0 amide bonds. The lowest BCUT2D eigenvalue weighted by molar-refractivity contribution is 0.0118. The molecule has 19 heavy (non-hydrogen) atoms. The van der Waals surface area contributed by atoms with Gasteiger partial charge in [-0.3, -0.25) is 0 Å². The molecule has 0 fully saturated rings. The van der Waals surface area contributed by atoms with Crippen LogP contribution in [0.3, 0.4) is 0 Å². The number of aliphatic hydroxyl groups is 1. The summed E-state index contributed by atoms with van der Waals surface area (Å²) >= 11 is 0. The number of hydrogen-bond acceptors (Lipinski definition) is 3. The molecular weight excluding hydrogens is 260 g/mol. The lowest BCUT2D eigenvalue weighted by Crippen LogP contribution is -2.51. The van der Waals surface area contributed by atoms with Crippen molar-refractivity contribution >= 4 is 9.84 Å². The van der Waals surface area contributed by atoms with Crippen molar-refractivity contribution in [3.63, 3.8) is 0 Å². The maximum Gasteiger partial charge on any atom is 0.184 e. The van der Waals surface area contributed by atoms with Crippen LogP contribution in [0.1, 0.15) is 46.1 Å². The predicted molar refractivity (Wildman–Crippen MR) is 75.9 cm³/mol. The zero-order valence-electron chi connectivity index (χ0n) is 12.1. The Morgan fingerprint density at radius 3 is 2.21 bits per heavy atom. The van der Waals surface area contributed by atoms with Gasteiger partial charge in [0.2, 0.25) is 0 Å². The van der Waals surface area contributed by atoms with Crippen molar-refractivity contribution in [1.29, 1.82) is 0 Å². The van der Waals surface area contributed by atoms with Gasteiger partial charge in [-0.15, -0.1) is 0 Å². The molecule has 2 atom stereocenters. The Morgan fingerprint density at radius 2 is 1.63 bits per heavy atom. The van der Waals surface area contributed by atoms with Gasteiger partial charge in [-0.1, -0.05) is 39.0 Å². The first kappa shape index (κ1) is 14.5. The van der Waals surface area contributed by atoms with E-state index in [-0.39, 0.29) is 5.92 Å². The van der Waals surface area contributed by atoms with Crippen LogP contribution in [0.15, 0.2) is 29.2 Å². The van der Waals surface area contributed by atoms with Crippen LogP contribution in [0.4, 0.5) is 0 Å². The molecule has 0 bridgehead atoms. The van der Waals surface area contributed by atoms with Gasteiger partial charge in [0, 0.05) is 11.3 Å². The number of hydrogen-bond donors (Lipinski definition) is 1. The largest absolute Gasteiger partial charge is 0.392 e. The minimum atomic E-state index is -3.49. The predicted octanol–water partition coefficient (Wildman–Crippen LogP) is 2.74. The SMILES string of the molecule is C[C@H]1c2ccccc2S(=O)(=O)C(C)(C)C(C)(C)C1O. The highest BCUT2D eigenvalue weighted by molar-refractivity contribution is 7.93. The molecule has 1 aliphatic heterocycles. The van der Waals surface area contributed by atoms with E-state index in [9.17, 15) is 13.5 Å². The molecular formula is C15H22O3S. The lowest BCUT2D eigenvalue weighted by atomic mass is 9.70. The van der Waals surface area contributed by atoms with Gasteiger partial charge in [-0.05, 0) is 25.5 Å². The van der Waals surface area contributed by atoms with Crippen LogP contribution in [0, 0.1) is 5.41 Å². The van der Waals surface area contributed by atoms with Crippen molar-refractivity contribution in [2.75, 3.05) is 0 Å². The molecule has 0 saturated carbocycles. The van der Waals surface area contributed by atoms with E-state index in [4.69, 9.17) is 0 Å². The fraction of sp³-hybridized carbons (Fsp3) is 0.600. The molecule has 2 rings (SSSR count). The number of benzene rings is 1. The molecule has 106 valence electrons. The fourth-order valence-electron chi connectivity index (χ4n) is 2.87. The van der Waals surface area contributed by atoms with Gasteiger partial charge in [0.05, 0.1) is 15.7 Å². The molecule has 0 saturated heterocycles. The number of rotatable bonds is 0. The Kier molecular flexibility index (Phi) is 3.11. The Morgan fingerprint density at radius 1 is 1.11 bits per heavy atom. The summed E-state index contributed by atoms with van der Waals surface area (Å²) in [6.07, 6.45) is -0.707. The summed E-state index contributed by atoms with van der Waals surface area (Å²) < 4.78 is 24.9. The van der Waals surface area contributed by atoms with Crippen molar-refractivity contribution in [1.82, 2.24) is 0 Å². The van der Waals surface area contributed by atoms with E-state index in [1.54, 1.807) is 32.0 Å². The number of aliphatic hydroxyl groups excluding tert-OH is 1. The summed E-state index contributed by atoms with van der Waals surface area (Å²) in [7, 11) is -3.49. The molecule has 0 radical (unpaired) electrons. The minimum Gasteiger partial charge on any atom is -0.392 e. The average molecular weight is 282 g/mol. The Labute approximate surface area is 115 Å². The fourth-order valence-corrected chi connectivity index (χ4v) is 5.06. The van der Waals surface area contributed by atoms with Gasteiger partial charge >= 0.3 is 0 Å². The third-order valence-corrected chi connectivity index (χ3v) is 7.96. The van der Waals surface area contributed by atoms with Crippen LogP contribution >= 0.6 is 0 Å². The lowest BCUT2D eigenvalue weighted by Gasteiger charge is -2.43. The first-order valence-corrected chi connectivity index (χ1v) is 8.05. The average Bonchev–Trinajstić information content (AvgIpc) is 2.37. The topological polar surface area (TPSA) is 54.4 Å². The normalized spacial score (nSPS) is 31.3. The molecule has 0 spiro atoms. The second-order valence-corrected chi connectivity index (χ2v) is 8.97. The van der Waals surface area contributed by atoms with Crippen molar-refractivity contribution < 1.29 is 13.5 Å². The summed E-state index contributed by atoms with van der Waals surface area (Å²) in [5.74, 6) is -0.206. The monoisotopic (exact) mass is 282 g/mol. The number of fused-ring (bicyclic) bond motifs is 1. The minimum absolute atomic E-state index is 0.206. The van der Waals surface area contributed by atoms with Crippen LogP contribution in [-0.2, 0) is 9.84 Å². The summed E-state index contributed by atoms with van der Waals surface area (Å²) in [5.41, 5.74) is -0.0155. The summed E-state index contributed by atoms with van der Waals surface area (Å²) in [4.78, 5) is 0.358. The quantitative estimate of drug-likeness (QED) is 0.796. The summed E-state index contributed by atoms with van der Waals surface area (Å²) in [6, 6.07) is 7.02. The van der Waals surface area contributed by atoms with Crippen molar-refractivity contribution in [3.8, 4) is 0 Å².